The van der Waals surface area contributed by atoms with Gasteiger partial charge >= 0.3 is 5.97 Å². The van der Waals surface area contributed by atoms with Crippen molar-refractivity contribution < 1.29 is 28.6 Å². The zero-order chi connectivity index (χ0) is 21.0. The molecule has 0 N–H and O–H groups in total. The fourth-order valence-electron chi connectivity index (χ4n) is 3.14. The van der Waals surface area contributed by atoms with E-state index in [0.29, 0.717) is 28.2 Å². The van der Waals surface area contributed by atoms with Gasteiger partial charge in [0.1, 0.15) is 24.1 Å². The quantitative estimate of drug-likeness (QED) is 0.484. The Morgan fingerprint density at radius 2 is 1.69 bits per heavy atom. The van der Waals surface area contributed by atoms with Gasteiger partial charge in [-0.2, -0.15) is 11.8 Å². The summed E-state index contributed by atoms with van der Waals surface area (Å²) < 4.78 is 15.9. The molecule has 0 saturated heterocycles. The summed E-state index contributed by atoms with van der Waals surface area (Å²) >= 11 is 1.35. The van der Waals surface area contributed by atoms with E-state index in [1.165, 1.54) is 26.0 Å². The first-order valence-corrected chi connectivity index (χ1v) is 10.2. The molecule has 7 nitrogen and oxygen atoms in total. The van der Waals surface area contributed by atoms with Crippen LogP contribution in [0.4, 0.5) is 0 Å². The molecular weight excluding hydrogens is 394 g/mol. The first kappa shape index (κ1) is 20.7. The fraction of sp³-hybridized carbons (Fsp3) is 0.286. The summed E-state index contributed by atoms with van der Waals surface area (Å²) in [6.45, 7) is -0.0761. The molecule has 3 rings (SSSR count). The highest BCUT2D eigenvalue weighted by Crippen LogP contribution is 2.28. The van der Waals surface area contributed by atoms with E-state index in [4.69, 9.17) is 14.2 Å². The van der Waals surface area contributed by atoms with E-state index in [9.17, 15) is 14.4 Å². The minimum atomic E-state index is -1.02. The third-order valence-electron chi connectivity index (χ3n) is 4.59. The fourth-order valence-corrected chi connectivity index (χ4v) is 3.74. The van der Waals surface area contributed by atoms with Crippen LogP contribution in [0.1, 0.15) is 26.3 Å². The van der Waals surface area contributed by atoms with Gasteiger partial charge in [0.25, 0.3) is 11.8 Å². The van der Waals surface area contributed by atoms with E-state index in [1.807, 2.05) is 0 Å². The number of thioether (sulfide) groups is 1. The van der Waals surface area contributed by atoms with Crippen LogP contribution < -0.4 is 9.47 Å². The lowest BCUT2D eigenvalue weighted by atomic mass is 10.1. The van der Waals surface area contributed by atoms with Crippen molar-refractivity contribution in [2.24, 2.45) is 0 Å². The highest BCUT2D eigenvalue weighted by molar-refractivity contribution is 7.98. The predicted molar refractivity (Wildman–Crippen MR) is 108 cm³/mol. The molecule has 2 aromatic carbocycles. The van der Waals surface area contributed by atoms with Crippen molar-refractivity contribution in [2.75, 3.05) is 26.2 Å². The molecule has 1 aliphatic heterocycles. The summed E-state index contributed by atoms with van der Waals surface area (Å²) in [5.74, 6) is -0.252. The molecule has 1 aliphatic rings. The molecule has 1 atom stereocenters. The van der Waals surface area contributed by atoms with Crippen molar-refractivity contribution in [1.29, 1.82) is 0 Å². The van der Waals surface area contributed by atoms with Gasteiger partial charge in [0.15, 0.2) is 0 Å². The maximum atomic E-state index is 12.8. The van der Waals surface area contributed by atoms with Crippen LogP contribution in [-0.4, -0.2) is 55.0 Å². The Hall–Kier alpha value is -3.00. The van der Waals surface area contributed by atoms with Gasteiger partial charge in [-0.3, -0.25) is 14.5 Å². The second-order valence-corrected chi connectivity index (χ2v) is 7.19. The van der Waals surface area contributed by atoms with E-state index < -0.39 is 23.8 Å². The number of hydrogen-bond acceptors (Lipinski definition) is 7. The number of imide groups is 1. The molecule has 2 aromatic rings. The number of amides is 2. The maximum Gasteiger partial charge on any atom is 0.330 e. The van der Waals surface area contributed by atoms with E-state index in [-0.39, 0.29) is 12.4 Å². The van der Waals surface area contributed by atoms with Crippen LogP contribution in [0.3, 0.4) is 0 Å². The van der Waals surface area contributed by atoms with E-state index in [1.54, 1.807) is 48.7 Å². The minimum Gasteiger partial charge on any atom is -0.497 e. The van der Waals surface area contributed by atoms with E-state index in [0.717, 1.165) is 4.90 Å². The smallest absolute Gasteiger partial charge is 0.330 e. The number of fused-ring (bicyclic) bond motifs is 1. The molecule has 0 unspecified atom stereocenters. The van der Waals surface area contributed by atoms with Crippen LogP contribution in [0.2, 0.25) is 0 Å². The normalized spacial score (nSPS) is 13.8. The van der Waals surface area contributed by atoms with Gasteiger partial charge in [0, 0.05) is 11.3 Å². The van der Waals surface area contributed by atoms with E-state index >= 15 is 0 Å². The molecule has 29 heavy (non-hydrogen) atoms. The lowest BCUT2D eigenvalue weighted by Gasteiger charge is -2.24. The lowest BCUT2D eigenvalue weighted by molar-refractivity contribution is -0.148. The van der Waals surface area contributed by atoms with Crippen LogP contribution in [0.25, 0.3) is 0 Å². The SMILES string of the molecule is COc1ccc(OC)c(COC(=O)[C@H](CSC)N2C(=O)c3ccccc3C2=O)c1. The number of benzene rings is 2. The maximum absolute atomic E-state index is 12.8. The van der Waals surface area contributed by atoms with Crippen LogP contribution in [0.5, 0.6) is 11.5 Å². The third-order valence-corrected chi connectivity index (χ3v) is 5.24. The molecule has 0 aliphatic carbocycles. The lowest BCUT2D eigenvalue weighted by Crippen LogP contribution is -2.47. The van der Waals surface area contributed by atoms with Gasteiger partial charge in [-0.25, -0.2) is 4.79 Å². The average molecular weight is 415 g/mol. The standard InChI is InChI=1S/C21H21NO6S/c1-26-14-8-9-18(27-2)13(10-14)11-28-21(25)17(12-29-3)22-19(23)15-6-4-5-7-16(15)20(22)24/h4-10,17H,11-12H2,1-3H3/t17-/m0/s1. The molecule has 0 aromatic heterocycles. The summed E-state index contributed by atoms with van der Waals surface area (Å²) in [5, 5.41) is 0. The summed E-state index contributed by atoms with van der Waals surface area (Å²) in [5.41, 5.74) is 1.21. The molecule has 2 amide bonds. The van der Waals surface area contributed by atoms with Crippen LogP contribution in [-0.2, 0) is 16.1 Å². The number of hydrogen-bond donors (Lipinski definition) is 0. The second-order valence-electron chi connectivity index (χ2n) is 6.28. The Kier molecular flexibility index (Phi) is 6.43. The number of esters is 1. The van der Waals surface area contributed by atoms with Gasteiger partial charge in [-0.1, -0.05) is 12.1 Å². The van der Waals surface area contributed by atoms with Gasteiger partial charge in [-0.05, 0) is 36.6 Å². The van der Waals surface area contributed by atoms with Crippen molar-refractivity contribution in [1.82, 2.24) is 4.90 Å². The number of carbonyl (C=O) groups excluding carboxylic acids is 3. The van der Waals surface area contributed by atoms with Crippen molar-refractivity contribution in [3.63, 3.8) is 0 Å². The molecule has 0 bridgehead atoms. The number of methoxy groups -OCH3 is 2. The van der Waals surface area contributed by atoms with Gasteiger partial charge in [0.05, 0.1) is 25.3 Å². The number of rotatable bonds is 8. The molecular formula is C21H21NO6S. The first-order chi connectivity index (χ1) is 14.0. The zero-order valence-corrected chi connectivity index (χ0v) is 17.2. The largest absolute Gasteiger partial charge is 0.497 e. The Bertz CT molecular complexity index is 910. The Labute approximate surface area is 172 Å². The van der Waals surface area contributed by atoms with Crippen LogP contribution in [0, 0.1) is 0 Å². The molecule has 1 heterocycles. The van der Waals surface area contributed by atoms with Crippen molar-refractivity contribution in [3.05, 3.63) is 59.2 Å². The topological polar surface area (TPSA) is 82.1 Å². The number of carbonyl (C=O) groups is 3. The molecule has 0 saturated carbocycles. The molecule has 0 radical (unpaired) electrons. The minimum absolute atomic E-state index is 0.0761. The Morgan fingerprint density at radius 3 is 2.24 bits per heavy atom. The van der Waals surface area contributed by atoms with Crippen molar-refractivity contribution in [2.45, 2.75) is 12.6 Å². The highest BCUT2D eigenvalue weighted by Gasteiger charge is 2.43. The first-order valence-electron chi connectivity index (χ1n) is 8.85. The number of nitrogens with zero attached hydrogens (tertiary/aromatic N) is 1. The second kappa shape index (κ2) is 9.00. The monoisotopic (exact) mass is 415 g/mol. The van der Waals surface area contributed by atoms with Gasteiger partial charge in [0.2, 0.25) is 0 Å². The summed E-state index contributed by atoms with van der Waals surface area (Å²) in [7, 11) is 3.05. The molecule has 8 heteroatoms. The number of ether oxygens (including phenoxy) is 3. The van der Waals surface area contributed by atoms with Crippen molar-refractivity contribution in [3.8, 4) is 11.5 Å². The Balaban J connectivity index is 1.80. The van der Waals surface area contributed by atoms with Gasteiger partial charge < -0.3 is 14.2 Å². The summed E-state index contributed by atoms with van der Waals surface area (Å²) in [4.78, 5) is 39.3. The highest BCUT2D eigenvalue weighted by atomic mass is 32.2. The van der Waals surface area contributed by atoms with Gasteiger partial charge in [-0.15, -0.1) is 0 Å². The average Bonchev–Trinajstić information content (AvgIpc) is 3.00. The van der Waals surface area contributed by atoms with Crippen LogP contribution in [0.15, 0.2) is 42.5 Å². The van der Waals surface area contributed by atoms with Crippen LogP contribution >= 0.6 is 11.8 Å². The summed E-state index contributed by atoms with van der Waals surface area (Å²) in [6, 6.07) is 10.7. The predicted octanol–water partition coefficient (Wildman–Crippen LogP) is 2.77. The zero-order valence-electron chi connectivity index (χ0n) is 16.3. The third kappa shape index (κ3) is 4.07. The van der Waals surface area contributed by atoms with E-state index in [2.05, 4.69) is 0 Å². The molecule has 0 spiro atoms. The molecule has 0 fully saturated rings. The van der Waals surface area contributed by atoms with Crippen molar-refractivity contribution >= 4 is 29.5 Å². The molecule has 152 valence electrons. The Morgan fingerprint density at radius 1 is 1.03 bits per heavy atom. The summed E-state index contributed by atoms with van der Waals surface area (Å²) in [6.07, 6.45) is 1.80.